The van der Waals surface area contributed by atoms with Gasteiger partial charge in [-0.2, -0.15) is 0 Å². The first-order valence-corrected chi connectivity index (χ1v) is 13.2. The number of nitrogens with zero attached hydrogens (tertiary/aromatic N) is 4. The van der Waals surface area contributed by atoms with Gasteiger partial charge in [0.25, 0.3) is 0 Å². The van der Waals surface area contributed by atoms with Crippen molar-refractivity contribution in [1.29, 1.82) is 0 Å². The maximum Gasteiger partial charge on any atom is 0.112 e. The monoisotopic (exact) mass is 386 g/mol. The Morgan fingerprint density at radius 2 is 1.21 bits per heavy atom. The van der Waals surface area contributed by atoms with Crippen molar-refractivity contribution in [2.45, 2.75) is 31.6 Å². The van der Waals surface area contributed by atoms with Crippen molar-refractivity contribution in [3.05, 3.63) is 73.3 Å². The summed E-state index contributed by atoms with van der Waals surface area (Å²) in [5.41, 5.74) is 2.62. The first-order valence-electron chi connectivity index (χ1n) is 10.2. The Bertz CT molecular complexity index is 920. The molecule has 2 unspecified atom stereocenters. The van der Waals surface area contributed by atoms with Crippen LogP contribution in [0.4, 0.5) is 11.4 Å². The van der Waals surface area contributed by atoms with Gasteiger partial charge in [0.15, 0.2) is 0 Å². The number of hydrogen-bond donors (Lipinski definition) is 0. The van der Waals surface area contributed by atoms with Crippen molar-refractivity contribution in [3.8, 4) is 0 Å². The molecule has 4 aliphatic rings. The molecule has 3 aliphatic heterocycles. The maximum atomic E-state index is 2.51. The molecule has 0 N–H and O–H groups in total. The van der Waals surface area contributed by atoms with Crippen molar-refractivity contribution in [2.24, 2.45) is 0 Å². The van der Waals surface area contributed by atoms with E-state index in [0.717, 1.165) is 13.3 Å². The minimum atomic E-state index is -1.77. The number of anilines is 2. The van der Waals surface area contributed by atoms with Crippen LogP contribution in [-0.2, 0) is 0 Å². The van der Waals surface area contributed by atoms with Gasteiger partial charge < -0.3 is 19.6 Å². The lowest BCUT2D eigenvalue weighted by molar-refractivity contribution is 0.316. The zero-order valence-electron chi connectivity index (χ0n) is 16.5. The third kappa shape index (κ3) is 2.42. The van der Waals surface area contributed by atoms with E-state index in [0.29, 0.717) is 12.1 Å². The Balaban J connectivity index is 1.47. The molecule has 142 valence electrons. The van der Waals surface area contributed by atoms with Crippen molar-refractivity contribution in [2.75, 3.05) is 23.1 Å². The molecule has 2 aromatic carbocycles. The topological polar surface area (TPSA) is 13.0 Å². The van der Waals surface area contributed by atoms with E-state index in [-0.39, 0.29) is 0 Å². The van der Waals surface area contributed by atoms with Gasteiger partial charge in [0.05, 0.1) is 25.4 Å². The van der Waals surface area contributed by atoms with E-state index in [1.54, 1.807) is 0 Å². The van der Waals surface area contributed by atoms with Crippen LogP contribution in [0.1, 0.15) is 6.42 Å². The predicted molar refractivity (Wildman–Crippen MR) is 118 cm³/mol. The zero-order chi connectivity index (χ0) is 18.9. The largest absolute Gasteiger partial charge is 0.353 e. The summed E-state index contributed by atoms with van der Waals surface area (Å²) in [6.07, 6.45) is 10.3. The summed E-state index contributed by atoms with van der Waals surface area (Å²) in [6.45, 7) is 6.86. The predicted octanol–water partition coefficient (Wildman–Crippen LogP) is 2.77. The first kappa shape index (κ1) is 16.3. The van der Waals surface area contributed by atoms with E-state index in [4.69, 9.17) is 0 Å². The number of fused-ring (bicyclic) bond motifs is 13. The van der Waals surface area contributed by atoms with E-state index in [2.05, 4.69) is 106 Å². The molecule has 1 aliphatic carbocycles. The molecular formula is C23H26N4Si. The van der Waals surface area contributed by atoms with Crippen molar-refractivity contribution in [3.63, 3.8) is 0 Å². The summed E-state index contributed by atoms with van der Waals surface area (Å²) in [5.74, 6) is 0. The Labute approximate surface area is 168 Å². The van der Waals surface area contributed by atoms with Crippen LogP contribution in [0.25, 0.3) is 0 Å². The fourth-order valence-electron chi connectivity index (χ4n) is 4.83. The van der Waals surface area contributed by atoms with Crippen LogP contribution in [0, 0.1) is 0 Å². The Kier molecular flexibility index (Phi) is 3.30. The first-order chi connectivity index (χ1) is 13.6. The van der Waals surface area contributed by atoms with Gasteiger partial charge in [0.2, 0.25) is 0 Å². The molecule has 3 heterocycles. The fraction of sp³-hybridized carbons (Fsp3) is 0.304. The van der Waals surface area contributed by atoms with Crippen LogP contribution in [0.15, 0.2) is 73.3 Å². The highest BCUT2D eigenvalue weighted by molar-refractivity contribution is 7.00. The summed E-state index contributed by atoms with van der Waals surface area (Å²) < 4.78 is 0. The Morgan fingerprint density at radius 1 is 0.714 bits per heavy atom. The molecule has 4 nitrogen and oxygen atoms in total. The van der Waals surface area contributed by atoms with Gasteiger partial charge >= 0.3 is 0 Å². The van der Waals surface area contributed by atoms with Crippen molar-refractivity contribution < 1.29 is 0 Å². The molecule has 0 spiro atoms. The van der Waals surface area contributed by atoms with Gasteiger partial charge in [-0.25, -0.2) is 0 Å². The lowest BCUT2D eigenvalue weighted by Gasteiger charge is -2.27. The standard InChI is InChI=1S/C23H26N4Si/c1-28(2)20-7-3-5-18(13-20)24-9-11-26(16-24)22-15-23(22)27-12-10-25(17-27)19-6-4-8-21(28)14-19/h3-14,22-23H,15-17H2,1-2H3. The summed E-state index contributed by atoms with van der Waals surface area (Å²) in [4.78, 5) is 9.81. The van der Waals surface area contributed by atoms with Crippen LogP contribution in [-0.4, -0.2) is 43.3 Å². The normalized spacial score (nSPS) is 26.2. The molecule has 6 rings (SSSR count). The molecule has 0 aromatic heterocycles. The highest BCUT2D eigenvalue weighted by Crippen LogP contribution is 2.38. The summed E-state index contributed by atoms with van der Waals surface area (Å²) in [6, 6.07) is 19.7. The average Bonchev–Trinajstić information content (AvgIpc) is 3.15. The van der Waals surface area contributed by atoms with E-state index >= 15 is 0 Å². The molecule has 2 aromatic rings. The Morgan fingerprint density at radius 3 is 1.71 bits per heavy atom. The van der Waals surface area contributed by atoms with E-state index in [1.165, 1.54) is 28.2 Å². The summed E-state index contributed by atoms with van der Waals surface area (Å²) in [5, 5.41) is 2.98. The molecule has 8 bridgehead atoms. The van der Waals surface area contributed by atoms with Crippen molar-refractivity contribution >= 4 is 29.8 Å². The molecular weight excluding hydrogens is 360 g/mol. The van der Waals surface area contributed by atoms with Crippen LogP contribution < -0.4 is 20.2 Å². The lowest BCUT2D eigenvalue weighted by atomic mass is 10.3. The van der Waals surface area contributed by atoms with Gasteiger partial charge in [-0.15, -0.1) is 0 Å². The second kappa shape index (κ2) is 5.67. The minimum Gasteiger partial charge on any atom is -0.353 e. The lowest BCUT2D eigenvalue weighted by Crippen LogP contribution is -2.53. The highest BCUT2D eigenvalue weighted by Gasteiger charge is 2.46. The molecule has 28 heavy (non-hydrogen) atoms. The fourth-order valence-corrected chi connectivity index (χ4v) is 7.21. The maximum absolute atomic E-state index is 2.51. The number of benzene rings is 2. The SMILES string of the molecule is C[Si]1(C)c2cccc(c2)N2C=CN(C2)C2CC2N2C=CN(C2)c2cccc1c2. The number of hydrogen-bond acceptors (Lipinski definition) is 4. The van der Waals surface area contributed by atoms with Gasteiger partial charge in [-0.3, -0.25) is 0 Å². The minimum absolute atomic E-state index is 0.622. The van der Waals surface area contributed by atoms with E-state index in [1.807, 2.05) is 0 Å². The summed E-state index contributed by atoms with van der Waals surface area (Å²) in [7, 11) is -1.77. The van der Waals surface area contributed by atoms with E-state index in [9.17, 15) is 0 Å². The third-order valence-corrected chi connectivity index (χ3v) is 10.4. The molecule has 0 amide bonds. The van der Waals surface area contributed by atoms with Gasteiger partial charge in [0.1, 0.15) is 8.07 Å². The van der Waals surface area contributed by atoms with Crippen LogP contribution in [0.3, 0.4) is 0 Å². The second-order valence-electron chi connectivity index (χ2n) is 8.94. The second-order valence-corrected chi connectivity index (χ2v) is 13.3. The smallest absolute Gasteiger partial charge is 0.112 e. The zero-order valence-corrected chi connectivity index (χ0v) is 17.5. The molecule has 1 saturated carbocycles. The molecule has 0 saturated heterocycles. The van der Waals surface area contributed by atoms with Gasteiger partial charge in [-0.1, -0.05) is 47.7 Å². The molecule has 1 fully saturated rings. The van der Waals surface area contributed by atoms with Gasteiger partial charge in [-0.05, 0) is 30.7 Å². The molecule has 5 heteroatoms. The van der Waals surface area contributed by atoms with Gasteiger partial charge in [0, 0.05) is 36.2 Å². The van der Waals surface area contributed by atoms with Crippen LogP contribution in [0.5, 0.6) is 0 Å². The quantitative estimate of drug-likeness (QED) is 0.646. The highest BCUT2D eigenvalue weighted by atomic mass is 28.3. The molecule has 0 radical (unpaired) electrons. The molecule has 2 atom stereocenters. The van der Waals surface area contributed by atoms with Crippen LogP contribution in [0.2, 0.25) is 13.1 Å². The van der Waals surface area contributed by atoms with Crippen LogP contribution >= 0.6 is 0 Å². The van der Waals surface area contributed by atoms with Crippen molar-refractivity contribution in [1.82, 2.24) is 9.80 Å². The average molecular weight is 387 g/mol. The number of rotatable bonds is 0. The van der Waals surface area contributed by atoms with E-state index < -0.39 is 8.07 Å². The Hall–Kier alpha value is -2.66. The summed E-state index contributed by atoms with van der Waals surface area (Å²) >= 11 is 0. The third-order valence-electron chi connectivity index (χ3n) is 6.88.